The van der Waals surface area contributed by atoms with Gasteiger partial charge in [0, 0.05) is 11.9 Å². The Morgan fingerprint density at radius 3 is 2.48 bits per heavy atom. The molecule has 0 atom stereocenters. The summed E-state index contributed by atoms with van der Waals surface area (Å²) in [5, 5.41) is 14.2. The van der Waals surface area contributed by atoms with E-state index in [4.69, 9.17) is 0 Å². The van der Waals surface area contributed by atoms with Gasteiger partial charge in [-0.05, 0) is 36.1 Å². The van der Waals surface area contributed by atoms with Crippen LogP contribution in [0.1, 0.15) is 30.9 Å². The predicted molar refractivity (Wildman–Crippen MR) is 97.5 cm³/mol. The summed E-state index contributed by atoms with van der Waals surface area (Å²) >= 11 is 0. The van der Waals surface area contributed by atoms with Gasteiger partial charge in [-0.25, -0.2) is 13.2 Å². The highest BCUT2D eigenvalue weighted by Crippen LogP contribution is 2.28. The number of carbonyl (C=O) groups is 1. The molecule has 0 bridgehead atoms. The first-order valence-electron chi connectivity index (χ1n) is 8.17. The van der Waals surface area contributed by atoms with E-state index in [0.717, 1.165) is 29.5 Å². The molecular formula is C20H18F3N3O. The number of nitrogens with zero attached hydrogens (tertiary/aromatic N) is 1. The van der Waals surface area contributed by atoms with E-state index in [1.54, 1.807) is 6.07 Å². The van der Waals surface area contributed by atoms with Crippen LogP contribution < -0.4 is 10.6 Å². The highest BCUT2D eigenvalue weighted by atomic mass is 19.2. The zero-order valence-electron chi connectivity index (χ0n) is 15.0. The van der Waals surface area contributed by atoms with Crippen molar-refractivity contribution < 1.29 is 18.0 Å². The zero-order valence-corrected chi connectivity index (χ0v) is 15.0. The van der Waals surface area contributed by atoms with Crippen LogP contribution >= 0.6 is 0 Å². The molecule has 0 fully saturated rings. The second-order valence-electron chi connectivity index (χ2n) is 6.19. The van der Waals surface area contributed by atoms with Gasteiger partial charge < -0.3 is 10.6 Å². The Morgan fingerprint density at radius 2 is 1.85 bits per heavy atom. The number of halogens is 3. The van der Waals surface area contributed by atoms with Gasteiger partial charge in [0.25, 0.3) is 5.91 Å². The number of para-hydroxylation sites is 1. The number of hydrogen-bond donors (Lipinski definition) is 2. The van der Waals surface area contributed by atoms with Crippen molar-refractivity contribution in [3.8, 4) is 6.07 Å². The van der Waals surface area contributed by atoms with Crippen molar-refractivity contribution in [1.29, 1.82) is 5.26 Å². The Bertz CT molecular complexity index is 946. The van der Waals surface area contributed by atoms with Gasteiger partial charge in [0.1, 0.15) is 11.6 Å². The maximum Gasteiger partial charge on any atom is 0.267 e. The molecule has 1 amide bonds. The molecule has 0 saturated carbocycles. The third-order valence-electron chi connectivity index (χ3n) is 3.94. The van der Waals surface area contributed by atoms with Gasteiger partial charge in [0.05, 0.1) is 5.69 Å². The molecule has 0 saturated heterocycles. The normalized spacial score (nSPS) is 11.3. The van der Waals surface area contributed by atoms with Gasteiger partial charge in [-0.2, -0.15) is 5.26 Å². The lowest BCUT2D eigenvalue weighted by Crippen LogP contribution is -2.17. The van der Waals surface area contributed by atoms with Crippen LogP contribution in [0.5, 0.6) is 0 Å². The summed E-state index contributed by atoms with van der Waals surface area (Å²) in [6.07, 6.45) is 0.943. The fourth-order valence-electron chi connectivity index (χ4n) is 2.46. The highest BCUT2D eigenvalue weighted by molar-refractivity contribution is 6.07. The molecule has 0 radical (unpaired) electrons. The van der Waals surface area contributed by atoms with E-state index in [1.807, 2.05) is 39.0 Å². The average molecular weight is 373 g/mol. The van der Waals surface area contributed by atoms with Crippen molar-refractivity contribution >= 4 is 17.3 Å². The zero-order chi connectivity index (χ0) is 20.1. The summed E-state index contributed by atoms with van der Waals surface area (Å²) in [6, 6.07) is 8.98. The van der Waals surface area contributed by atoms with Gasteiger partial charge in [0.15, 0.2) is 17.5 Å². The van der Waals surface area contributed by atoms with E-state index in [0.29, 0.717) is 5.69 Å². The second kappa shape index (κ2) is 8.41. The number of nitrogens with one attached hydrogen (secondary N) is 2. The Balaban J connectivity index is 2.26. The monoisotopic (exact) mass is 373 g/mol. The second-order valence-corrected chi connectivity index (χ2v) is 6.19. The summed E-state index contributed by atoms with van der Waals surface area (Å²) in [6.45, 7) is 5.77. The van der Waals surface area contributed by atoms with E-state index in [2.05, 4.69) is 10.6 Å². The molecule has 2 aromatic carbocycles. The van der Waals surface area contributed by atoms with E-state index < -0.39 is 29.0 Å². The number of rotatable bonds is 5. The lowest BCUT2D eigenvalue weighted by molar-refractivity contribution is -0.112. The topological polar surface area (TPSA) is 64.9 Å². The lowest BCUT2D eigenvalue weighted by Gasteiger charge is -2.16. The number of hydrogen-bond acceptors (Lipinski definition) is 3. The molecule has 0 aliphatic rings. The summed E-state index contributed by atoms with van der Waals surface area (Å²) in [7, 11) is 0. The largest absolute Gasteiger partial charge is 0.358 e. The summed E-state index contributed by atoms with van der Waals surface area (Å²) in [5.41, 5.74) is 1.58. The molecular weight excluding hydrogens is 355 g/mol. The Morgan fingerprint density at radius 1 is 1.15 bits per heavy atom. The fraction of sp³-hybridized carbons (Fsp3) is 0.200. The van der Waals surface area contributed by atoms with Crippen LogP contribution in [0, 0.1) is 35.7 Å². The SMILES string of the molecule is Cc1cccc(C(C)C)c1NC(=O)/C(C#N)=C\Nc1ccc(F)c(F)c1F. The number of nitriles is 1. The first kappa shape index (κ1) is 20.0. The molecule has 2 rings (SSSR count). The minimum Gasteiger partial charge on any atom is -0.358 e. The average Bonchev–Trinajstić information content (AvgIpc) is 2.63. The van der Waals surface area contributed by atoms with Crippen molar-refractivity contribution in [2.75, 3.05) is 10.6 Å². The van der Waals surface area contributed by atoms with E-state index in [9.17, 15) is 23.2 Å². The van der Waals surface area contributed by atoms with Crippen LogP contribution in [-0.4, -0.2) is 5.91 Å². The molecule has 27 heavy (non-hydrogen) atoms. The van der Waals surface area contributed by atoms with E-state index in [1.165, 1.54) is 0 Å². The van der Waals surface area contributed by atoms with Gasteiger partial charge in [0.2, 0.25) is 0 Å². The lowest BCUT2D eigenvalue weighted by atomic mass is 9.98. The molecule has 0 aromatic heterocycles. The number of amides is 1. The minimum absolute atomic E-state index is 0.143. The van der Waals surface area contributed by atoms with Crippen molar-refractivity contribution in [3.63, 3.8) is 0 Å². The molecule has 7 heteroatoms. The molecule has 2 aromatic rings. The maximum atomic E-state index is 13.7. The molecule has 140 valence electrons. The Hall–Kier alpha value is -3.27. The van der Waals surface area contributed by atoms with Crippen molar-refractivity contribution in [1.82, 2.24) is 0 Å². The maximum absolute atomic E-state index is 13.7. The predicted octanol–water partition coefficient (Wildman–Crippen LogP) is 4.99. The molecule has 0 heterocycles. The first-order valence-corrected chi connectivity index (χ1v) is 8.17. The smallest absolute Gasteiger partial charge is 0.267 e. The van der Waals surface area contributed by atoms with Gasteiger partial charge >= 0.3 is 0 Å². The van der Waals surface area contributed by atoms with Crippen LogP contribution in [0.4, 0.5) is 24.5 Å². The minimum atomic E-state index is -1.64. The quantitative estimate of drug-likeness (QED) is 0.441. The fourth-order valence-corrected chi connectivity index (χ4v) is 2.46. The molecule has 0 unspecified atom stereocenters. The third kappa shape index (κ3) is 4.47. The molecule has 0 aliphatic carbocycles. The highest BCUT2D eigenvalue weighted by Gasteiger charge is 2.16. The molecule has 4 nitrogen and oxygen atoms in total. The summed E-state index contributed by atoms with van der Waals surface area (Å²) in [5.74, 6) is -4.97. The van der Waals surface area contributed by atoms with Gasteiger partial charge in [-0.1, -0.05) is 32.0 Å². The number of carbonyl (C=O) groups excluding carboxylic acids is 1. The van der Waals surface area contributed by atoms with Crippen LogP contribution in [0.2, 0.25) is 0 Å². The van der Waals surface area contributed by atoms with Crippen LogP contribution in [0.15, 0.2) is 42.1 Å². The van der Waals surface area contributed by atoms with Gasteiger partial charge in [-0.3, -0.25) is 4.79 Å². The van der Waals surface area contributed by atoms with E-state index >= 15 is 0 Å². The third-order valence-corrected chi connectivity index (χ3v) is 3.94. The Labute approximate surface area is 155 Å². The van der Waals surface area contributed by atoms with E-state index in [-0.39, 0.29) is 11.5 Å². The van der Waals surface area contributed by atoms with Crippen molar-refractivity contribution in [2.45, 2.75) is 26.7 Å². The van der Waals surface area contributed by atoms with Crippen LogP contribution in [0.25, 0.3) is 0 Å². The number of aryl methyl sites for hydroxylation is 1. The van der Waals surface area contributed by atoms with Crippen molar-refractivity contribution in [3.05, 3.63) is 70.7 Å². The molecule has 0 spiro atoms. The summed E-state index contributed by atoms with van der Waals surface area (Å²) in [4.78, 5) is 12.4. The summed E-state index contributed by atoms with van der Waals surface area (Å²) < 4.78 is 39.9. The van der Waals surface area contributed by atoms with Crippen molar-refractivity contribution in [2.24, 2.45) is 0 Å². The molecule has 0 aliphatic heterocycles. The first-order chi connectivity index (χ1) is 12.8. The Kier molecular flexibility index (Phi) is 6.24. The van der Waals surface area contributed by atoms with Crippen LogP contribution in [0.3, 0.4) is 0 Å². The van der Waals surface area contributed by atoms with Crippen LogP contribution in [-0.2, 0) is 4.79 Å². The number of benzene rings is 2. The van der Waals surface area contributed by atoms with Gasteiger partial charge in [-0.15, -0.1) is 0 Å². The standard InChI is InChI=1S/C20H18F3N3O/c1-11(2)14-6-4-5-12(3)19(14)26-20(27)13(9-24)10-25-16-8-7-15(21)17(22)18(16)23/h4-8,10-11,25H,1-3H3,(H,26,27)/b13-10-. The molecule has 2 N–H and O–H groups in total. The number of anilines is 2.